The number of carboxylic acid groups (broad SMARTS) is 1. The van der Waals surface area contributed by atoms with Crippen LogP contribution in [0.25, 0.3) is 0 Å². The Balaban J connectivity index is 3.75. The van der Waals surface area contributed by atoms with E-state index in [0.29, 0.717) is 12.7 Å². The molecule has 1 atom stereocenters. The van der Waals surface area contributed by atoms with Crippen LogP contribution in [0.2, 0.25) is 0 Å². The molecule has 0 saturated heterocycles. The van der Waals surface area contributed by atoms with E-state index in [0.717, 1.165) is 6.42 Å². The molecule has 0 aromatic rings. The maximum atomic E-state index is 10.3. The van der Waals surface area contributed by atoms with Gasteiger partial charge in [-0.15, -0.1) is 0 Å². The van der Waals surface area contributed by atoms with Gasteiger partial charge in [0.1, 0.15) is 6.29 Å². The number of carbonyl (C=O) groups is 2. The maximum absolute atomic E-state index is 10.3. The van der Waals surface area contributed by atoms with Gasteiger partial charge in [-0.25, -0.2) is 0 Å². The number of allylic oxidation sites excluding steroid dienone is 2. The van der Waals surface area contributed by atoms with Gasteiger partial charge in [0, 0.05) is 5.92 Å². The maximum Gasteiger partial charge on any atom is 0.304 e. The van der Waals surface area contributed by atoms with Crippen LogP contribution in [0.3, 0.4) is 0 Å². The third kappa shape index (κ3) is 5.65. The molecular weight excluding hydrogens is 156 g/mol. The monoisotopic (exact) mass is 170 g/mol. The van der Waals surface area contributed by atoms with Crippen LogP contribution in [0, 0.1) is 5.92 Å². The summed E-state index contributed by atoms with van der Waals surface area (Å²) < 4.78 is 0. The highest BCUT2D eigenvalue weighted by molar-refractivity contribution is 5.71. The van der Waals surface area contributed by atoms with Crippen LogP contribution in [-0.4, -0.2) is 17.4 Å². The standard InChI is InChI=1S/C9H14O3/c1-2-3-4-5-8(7-10)6-9(11)12/h3-4,7-8H,2,5-6H2,1H3,(H,11,12)/b4-3+. The van der Waals surface area contributed by atoms with Crippen molar-refractivity contribution in [2.24, 2.45) is 5.92 Å². The Bertz CT molecular complexity index is 173. The molecule has 3 heteroatoms. The SMILES string of the molecule is CC/C=C/CC(C=O)CC(=O)O. The second kappa shape index (κ2) is 6.58. The first kappa shape index (κ1) is 10.9. The Morgan fingerprint density at radius 1 is 1.50 bits per heavy atom. The predicted octanol–water partition coefficient (Wildman–Crippen LogP) is 1.63. The molecule has 0 amide bonds. The number of aliphatic carboxylic acids is 1. The summed E-state index contributed by atoms with van der Waals surface area (Å²) in [7, 11) is 0. The first-order chi connectivity index (χ1) is 5.70. The van der Waals surface area contributed by atoms with Crippen molar-refractivity contribution >= 4 is 12.3 Å². The van der Waals surface area contributed by atoms with Gasteiger partial charge in [0.05, 0.1) is 6.42 Å². The summed E-state index contributed by atoms with van der Waals surface area (Å²) in [5.41, 5.74) is 0. The molecule has 68 valence electrons. The Morgan fingerprint density at radius 2 is 2.17 bits per heavy atom. The van der Waals surface area contributed by atoms with Gasteiger partial charge in [-0.1, -0.05) is 19.1 Å². The van der Waals surface area contributed by atoms with Crippen LogP contribution in [0.4, 0.5) is 0 Å². The molecule has 3 nitrogen and oxygen atoms in total. The Kier molecular flexibility index (Phi) is 5.97. The summed E-state index contributed by atoms with van der Waals surface area (Å²) in [6, 6.07) is 0. The number of hydrogen-bond donors (Lipinski definition) is 1. The third-order valence-electron chi connectivity index (χ3n) is 1.47. The zero-order valence-corrected chi connectivity index (χ0v) is 7.19. The molecule has 12 heavy (non-hydrogen) atoms. The van der Waals surface area contributed by atoms with Crippen molar-refractivity contribution in [2.45, 2.75) is 26.2 Å². The van der Waals surface area contributed by atoms with Gasteiger partial charge in [-0.05, 0) is 12.8 Å². The van der Waals surface area contributed by atoms with E-state index < -0.39 is 5.97 Å². The van der Waals surface area contributed by atoms with E-state index >= 15 is 0 Å². The van der Waals surface area contributed by atoms with Crippen molar-refractivity contribution in [3.63, 3.8) is 0 Å². The van der Waals surface area contributed by atoms with E-state index in [9.17, 15) is 9.59 Å². The molecule has 0 radical (unpaired) electrons. The summed E-state index contributed by atoms with van der Waals surface area (Å²) in [5, 5.41) is 8.39. The number of carbonyl (C=O) groups excluding carboxylic acids is 1. The lowest BCUT2D eigenvalue weighted by Gasteiger charge is -2.01. The lowest BCUT2D eigenvalue weighted by molar-refractivity contribution is -0.139. The predicted molar refractivity (Wildman–Crippen MR) is 45.9 cm³/mol. The van der Waals surface area contributed by atoms with E-state index in [-0.39, 0.29) is 12.3 Å². The first-order valence-corrected chi connectivity index (χ1v) is 4.02. The van der Waals surface area contributed by atoms with E-state index in [1.54, 1.807) is 0 Å². The van der Waals surface area contributed by atoms with Crippen LogP contribution in [0.15, 0.2) is 12.2 Å². The van der Waals surface area contributed by atoms with E-state index in [2.05, 4.69) is 0 Å². The number of rotatable bonds is 6. The summed E-state index contributed by atoms with van der Waals surface area (Å²) in [6.45, 7) is 1.99. The number of aldehydes is 1. The molecule has 0 bridgehead atoms. The molecule has 1 N–H and O–H groups in total. The summed E-state index contributed by atoms with van der Waals surface area (Å²) in [5.74, 6) is -1.29. The second-order valence-corrected chi connectivity index (χ2v) is 2.61. The molecule has 0 heterocycles. The van der Waals surface area contributed by atoms with Crippen LogP contribution in [0.5, 0.6) is 0 Å². The van der Waals surface area contributed by atoms with E-state index in [1.807, 2.05) is 19.1 Å². The molecule has 0 saturated carbocycles. The summed E-state index contributed by atoms with van der Waals surface area (Å²) in [6.07, 6.45) is 5.86. The fourth-order valence-corrected chi connectivity index (χ4v) is 0.849. The second-order valence-electron chi connectivity index (χ2n) is 2.61. The fraction of sp³-hybridized carbons (Fsp3) is 0.556. The minimum atomic E-state index is -0.919. The van der Waals surface area contributed by atoms with Gasteiger partial charge >= 0.3 is 5.97 Å². The van der Waals surface area contributed by atoms with Crippen LogP contribution in [-0.2, 0) is 9.59 Å². The lowest BCUT2D eigenvalue weighted by atomic mass is 10.0. The van der Waals surface area contributed by atoms with Gasteiger partial charge in [0.15, 0.2) is 0 Å². The van der Waals surface area contributed by atoms with Crippen LogP contribution in [0.1, 0.15) is 26.2 Å². The zero-order chi connectivity index (χ0) is 9.40. The van der Waals surface area contributed by atoms with E-state index in [4.69, 9.17) is 5.11 Å². The first-order valence-electron chi connectivity index (χ1n) is 4.02. The Labute approximate surface area is 72.1 Å². The Hall–Kier alpha value is -1.12. The minimum Gasteiger partial charge on any atom is -0.481 e. The topological polar surface area (TPSA) is 54.4 Å². The molecule has 1 unspecified atom stereocenters. The van der Waals surface area contributed by atoms with Crippen molar-refractivity contribution in [3.8, 4) is 0 Å². The highest BCUT2D eigenvalue weighted by Gasteiger charge is 2.09. The van der Waals surface area contributed by atoms with Crippen LogP contribution < -0.4 is 0 Å². The number of hydrogen-bond acceptors (Lipinski definition) is 2. The van der Waals surface area contributed by atoms with Gasteiger partial charge in [0.2, 0.25) is 0 Å². The fourth-order valence-electron chi connectivity index (χ4n) is 0.849. The minimum absolute atomic E-state index is 0.0719. The van der Waals surface area contributed by atoms with Gasteiger partial charge < -0.3 is 9.90 Å². The average molecular weight is 170 g/mol. The largest absolute Gasteiger partial charge is 0.481 e. The van der Waals surface area contributed by atoms with Gasteiger partial charge in [-0.2, -0.15) is 0 Å². The normalized spacial score (nSPS) is 13.1. The summed E-state index contributed by atoms with van der Waals surface area (Å²) >= 11 is 0. The van der Waals surface area contributed by atoms with Crippen LogP contribution >= 0.6 is 0 Å². The molecule has 0 rings (SSSR count). The molecule has 0 aliphatic carbocycles. The number of carboxylic acids is 1. The smallest absolute Gasteiger partial charge is 0.304 e. The van der Waals surface area contributed by atoms with Crippen molar-refractivity contribution in [1.82, 2.24) is 0 Å². The van der Waals surface area contributed by atoms with Crippen molar-refractivity contribution in [3.05, 3.63) is 12.2 Å². The zero-order valence-electron chi connectivity index (χ0n) is 7.19. The lowest BCUT2D eigenvalue weighted by Crippen LogP contribution is -2.07. The van der Waals surface area contributed by atoms with E-state index in [1.165, 1.54) is 0 Å². The highest BCUT2D eigenvalue weighted by Crippen LogP contribution is 2.06. The molecule has 0 aliphatic heterocycles. The third-order valence-corrected chi connectivity index (χ3v) is 1.47. The molecular formula is C9H14O3. The molecule has 0 aromatic heterocycles. The van der Waals surface area contributed by atoms with Gasteiger partial charge in [0.25, 0.3) is 0 Å². The average Bonchev–Trinajstić information content (AvgIpc) is 2.02. The highest BCUT2D eigenvalue weighted by atomic mass is 16.4. The quantitative estimate of drug-likeness (QED) is 0.487. The molecule has 0 spiro atoms. The van der Waals surface area contributed by atoms with Crippen molar-refractivity contribution in [1.29, 1.82) is 0 Å². The van der Waals surface area contributed by atoms with Crippen molar-refractivity contribution < 1.29 is 14.7 Å². The van der Waals surface area contributed by atoms with Gasteiger partial charge in [-0.3, -0.25) is 4.79 Å². The molecule has 0 aromatic carbocycles. The van der Waals surface area contributed by atoms with Crippen molar-refractivity contribution in [2.75, 3.05) is 0 Å². The Morgan fingerprint density at radius 3 is 2.58 bits per heavy atom. The molecule has 0 aliphatic rings. The molecule has 0 fully saturated rings. The summed E-state index contributed by atoms with van der Waals surface area (Å²) in [4.78, 5) is 20.6.